The molecule has 1 aromatic carbocycles. The van der Waals surface area contributed by atoms with Gasteiger partial charge in [-0.25, -0.2) is 4.98 Å². The lowest BCUT2D eigenvalue weighted by atomic mass is 10.0. The lowest BCUT2D eigenvalue weighted by Gasteiger charge is -2.13. The standard InChI is InChI=1S/C20H27N3O2/c1-4-15(5-2)20(24)23-17-10-11-19(22-14-17)21-13-12-16-8-6-7-9-18(16)25-3/h6-11,14-15H,4-5,12-13H2,1-3H3,(H,21,22)(H,23,24). The van der Waals surface area contributed by atoms with Gasteiger partial charge in [0.25, 0.3) is 0 Å². The number of methoxy groups -OCH3 is 1. The van der Waals surface area contributed by atoms with E-state index in [1.807, 2.05) is 44.2 Å². The van der Waals surface area contributed by atoms with Crippen molar-refractivity contribution in [1.82, 2.24) is 4.98 Å². The van der Waals surface area contributed by atoms with Gasteiger partial charge < -0.3 is 15.4 Å². The predicted octanol–water partition coefficient (Wildman–Crippen LogP) is 4.12. The van der Waals surface area contributed by atoms with Crippen molar-refractivity contribution in [2.24, 2.45) is 5.92 Å². The van der Waals surface area contributed by atoms with E-state index in [4.69, 9.17) is 4.74 Å². The van der Waals surface area contributed by atoms with Crippen molar-refractivity contribution in [1.29, 1.82) is 0 Å². The number of hydrogen-bond acceptors (Lipinski definition) is 4. The molecule has 5 heteroatoms. The highest BCUT2D eigenvalue weighted by Crippen LogP contribution is 2.18. The van der Waals surface area contributed by atoms with E-state index in [1.54, 1.807) is 13.3 Å². The first-order valence-corrected chi connectivity index (χ1v) is 8.80. The van der Waals surface area contributed by atoms with E-state index >= 15 is 0 Å². The number of nitrogens with zero attached hydrogens (tertiary/aromatic N) is 1. The number of anilines is 2. The lowest BCUT2D eigenvalue weighted by molar-refractivity contribution is -0.120. The summed E-state index contributed by atoms with van der Waals surface area (Å²) in [7, 11) is 1.68. The van der Waals surface area contributed by atoms with Crippen LogP contribution in [0.5, 0.6) is 5.75 Å². The Bertz CT molecular complexity index is 667. The van der Waals surface area contributed by atoms with Crippen molar-refractivity contribution in [2.75, 3.05) is 24.3 Å². The molecule has 1 heterocycles. The minimum atomic E-state index is 0.0543. The molecule has 0 radical (unpaired) electrons. The van der Waals surface area contributed by atoms with E-state index in [0.29, 0.717) is 0 Å². The second-order valence-corrected chi connectivity index (χ2v) is 5.92. The van der Waals surface area contributed by atoms with Crippen LogP contribution in [-0.2, 0) is 11.2 Å². The summed E-state index contributed by atoms with van der Waals surface area (Å²) >= 11 is 0. The third kappa shape index (κ3) is 5.48. The van der Waals surface area contributed by atoms with Crippen LogP contribution in [0.2, 0.25) is 0 Å². The average Bonchev–Trinajstić information content (AvgIpc) is 2.64. The number of amides is 1. The number of para-hydroxylation sites is 1. The SMILES string of the molecule is CCC(CC)C(=O)Nc1ccc(NCCc2ccccc2OC)nc1. The van der Waals surface area contributed by atoms with Crippen LogP contribution in [0.15, 0.2) is 42.6 Å². The largest absolute Gasteiger partial charge is 0.496 e. The van der Waals surface area contributed by atoms with Gasteiger partial charge in [-0.1, -0.05) is 32.0 Å². The number of aromatic nitrogens is 1. The van der Waals surface area contributed by atoms with Crippen LogP contribution in [0, 0.1) is 5.92 Å². The summed E-state index contributed by atoms with van der Waals surface area (Å²) in [4.78, 5) is 16.4. The zero-order valence-electron chi connectivity index (χ0n) is 15.2. The van der Waals surface area contributed by atoms with E-state index in [2.05, 4.69) is 21.7 Å². The van der Waals surface area contributed by atoms with Crippen LogP contribution in [0.3, 0.4) is 0 Å². The molecule has 0 atom stereocenters. The third-order valence-corrected chi connectivity index (χ3v) is 4.28. The molecule has 0 saturated heterocycles. The van der Waals surface area contributed by atoms with E-state index in [-0.39, 0.29) is 11.8 Å². The number of carbonyl (C=O) groups is 1. The fourth-order valence-corrected chi connectivity index (χ4v) is 2.71. The van der Waals surface area contributed by atoms with Gasteiger partial charge >= 0.3 is 0 Å². The molecule has 1 amide bonds. The topological polar surface area (TPSA) is 63.2 Å². The molecule has 0 saturated carbocycles. The highest BCUT2D eigenvalue weighted by atomic mass is 16.5. The zero-order chi connectivity index (χ0) is 18.1. The lowest BCUT2D eigenvalue weighted by Crippen LogP contribution is -2.21. The van der Waals surface area contributed by atoms with Gasteiger partial charge in [0, 0.05) is 12.5 Å². The molecule has 2 aromatic rings. The Balaban J connectivity index is 1.85. The molecule has 0 unspecified atom stereocenters. The molecule has 0 aliphatic heterocycles. The van der Waals surface area contributed by atoms with Crippen LogP contribution in [0.25, 0.3) is 0 Å². The first-order valence-electron chi connectivity index (χ1n) is 8.80. The molecule has 0 spiro atoms. The Labute approximate surface area is 149 Å². The number of rotatable bonds is 9. The monoisotopic (exact) mass is 341 g/mol. The molecular formula is C20H27N3O2. The molecule has 2 N–H and O–H groups in total. The molecule has 2 rings (SSSR count). The molecule has 134 valence electrons. The van der Waals surface area contributed by atoms with Gasteiger partial charge in [0.15, 0.2) is 0 Å². The summed E-state index contributed by atoms with van der Waals surface area (Å²) in [6.45, 7) is 4.81. The fraction of sp³-hybridized carbons (Fsp3) is 0.400. The maximum atomic E-state index is 12.1. The van der Waals surface area contributed by atoms with E-state index < -0.39 is 0 Å². The molecule has 0 fully saturated rings. The van der Waals surface area contributed by atoms with Crippen LogP contribution < -0.4 is 15.4 Å². The number of hydrogen-bond donors (Lipinski definition) is 2. The maximum Gasteiger partial charge on any atom is 0.227 e. The van der Waals surface area contributed by atoms with Crippen molar-refractivity contribution in [3.63, 3.8) is 0 Å². The number of carbonyl (C=O) groups excluding carboxylic acids is 1. The second-order valence-electron chi connectivity index (χ2n) is 5.92. The Kier molecular flexibility index (Phi) is 7.26. The van der Waals surface area contributed by atoms with Crippen LogP contribution in [-0.4, -0.2) is 24.5 Å². The molecule has 0 aliphatic rings. The minimum Gasteiger partial charge on any atom is -0.496 e. The Morgan fingerprint density at radius 2 is 1.92 bits per heavy atom. The van der Waals surface area contributed by atoms with Gasteiger partial charge in [-0.05, 0) is 43.0 Å². The number of pyridine rings is 1. The quantitative estimate of drug-likeness (QED) is 0.720. The summed E-state index contributed by atoms with van der Waals surface area (Å²) in [5.41, 5.74) is 1.89. The molecule has 0 aliphatic carbocycles. The zero-order valence-corrected chi connectivity index (χ0v) is 15.2. The van der Waals surface area contributed by atoms with Crippen LogP contribution >= 0.6 is 0 Å². The van der Waals surface area contributed by atoms with Gasteiger partial charge in [-0.15, -0.1) is 0 Å². The first kappa shape index (κ1) is 18.8. The Morgan fingerprint density at radius 3 is 2.56 bits per heavy atom. The minimum absolute atomic E-state index is 0.0543. The van der Waals surface area contributed by atoms with Gasteiger partial charge in [0.2, 0.25) is 5.91 Å². The van der Waals surface area contributed by atoms with Crippen molar-refractivity contribution in [3.8, 4) is 5.75 Å². The number of nitrogens with one attached hydrogen (secondary N) is 2. The van der Waals surface area contributed by atoms with Gasteiger partial charge in [-0.3, -0.25) is 4.79 Å². The summed E-state index contributed by atoms with van der Waals surface area (Å²) in [5.74, 6) is 1.80. The smallest absolute Gasteiger partial charge is 0.227 e. The summed E-state index contributed by atoms with van der Waals surface area (Å²) < 4.78 is 5.35. The summed E-state index contributed by atoms with van der Waals surface area (Å²) in [6, 6.07) is 11.7. The van der Waals surface area contributed by atoms with Gasteiger partial charge in [0.05, 0.1) is 19.0 Å². The maximum absolute atomic E-state index is 12.1. The first-order chi connectivity index (χ1) is 12.2. The molecule has 5 nitrogen and oxygen atoms in total. The van der Waals surface area contributed by atoms with Gasteiger partial charge in [-0.2, -0.15) is 0 Å². The number of ether oxygens (including phenoxy) is 1. The van der Waals surface area contributed by atoms with Crippen molar-refractivity contribution in [3.05, 3.63) is 48.2 Å². The van der Waals surface area contributed by atoms with Crippen LogP contribution in [0.1, 0.15) is 32.3 Å². The molecule has 25 heavy (non-hydrogen) atoms. The third-order valence-electron chi connectivity index (χ3n) is 4.28. The average molecular weight is 341 g/mol. The highest BCUT2D eigenvalue weighted by molar-refractivity contribution is 5.92. The summed E-state index contributed by atoms with van der Waals surface area (Å²) in [6.07, 6.45) is 4.22. The van der Waals surface area contributed by atoms with Crippen molar-refractivity contribution >= 4 is 17.4 Å². The Hall–Kier alpha value is -2.56. The Morgan fingerprint density at radius 1 is 1.16 bits per heavy atom. The van der Waals surface area contributed by atoms with Crippen molar-refractivity contribution < 1.29 is 9.53 Å². The van der Waals surface area contributed by atoms with E-state index in [9.17, 15) is 4.79 Å². The molecule has 1 aromatic heterocycles. The second kappa shape index (κ2) is 9.67. The highest BCUT2D eigenvalue weighted by Gasteiger charge is 2.14. The van der Waals surface area contributed by atoms with E-state index in [1.165, 1.54) is 0 Å². The fourth-order valence-electron chi connectivity index (χ4n) is 2.71. The van der Waals surface area contributed by atoms with E-state index in [0.717, 1.165) is 48.6 Å². The number of benzene rings is 1. The van der Waals surface area contributed by atoms with Crippen molar-refractivity contribution in [2.45, 2.75) is 33.1 Å². The van der Waals surface area contributed by atoms with Gasteiger partial charge in [0.1, 0.15) is 11.6 Å². The molecular weight excluding hydrogens is 314 g/mol. The normalized spacial score (nSPS) is 10.6. The predicted molar refractivity (Wildman–Crippen MR) is 102 cm³/mol. The molecule has 0 bridgehead atoms. The van der Waals surface area contributed by atoms with Crippen LogP contribution in [0.4, 0.5) is 11.5 Å². The summed E-state index contributed by atoms with van der Waals surface area (Å²) in [5, 5.41) is 6.21.